The maximum atomic E-state index is 12.3. The van der Waals surface area contributed by atoms with Crippen LogP contribution < -0.4 is 16.2 Å². The summed E-state index contributed by atoms with van der Waals surface area (Å²) in [4.78, 5) is 24.1. The Balaban J connectivity index is 1.65. The number of amides is 3. The molecule has 3 rings (SSSR count). The van der Waals surface area contributed by atoms with Crippen LogP contribution >= 0.6 is 11.6 Å². The fourth-order valence-corrected chi connectivity index (χ4v) is 2.52. The van der Waals surface area contributed by atoms with Crippen LogP contribution in [-0.4, -0.2) is 11.9 Å². The number of benzene rings is 3. The summed E-state index contributed by atoms with van der Waals surface area (Å²) in [7, 11) is 0. The zero-order valence-electron chi connectivity index (χ0n) is 12.5. The van der Waals surface area contributed by atoms with Crippen LogP contribution in [0.4, 0.5) is 10.5 Å². The molecule has 0 fully saturated rings. The van der Waals surface area contributed by atoms with Gasteiger partial charge < -0.3 is 5.32 Å². The smallest absolute Gasteiger partial charge is 0.307 e. The number of urea groups is 1. The van der Waals surface area contributed by atoms with Crippen LogP contribution in [0.5, 0.6) is 0 Å². The first-order chi connectivity index (χ1) is 11.6. The zero-order chi connectivity index (χ0) is 16.9. The number of hydrogen-bond donors (Lipinski definition) is 3. The summed E-state index contributed by atoms with van der Waals surface area (Å²) in [6.45, 7) is 0. The number of fused-ring (bicyclic) bond motifs is 1. The second kappa shape index (κ2) is 7.02. The molecule has 3 N–H and O–H groups in total. The van der Waals surface area contributed by atoms with Gasteiger partial charge in [0, 0.05) is 16.3 Å². The highest BCUT2D eigenvalue weighted by molar-refractivity contribution is 6.30. The van der Waals surface area contributed by atoms with E-state index in [0.29, 0.717) is 16.3 Å². The van der Waals surface area contributed by atoms with Gasteiger partial charge in [-0.3, -0.25) is 10.2 Å². The first kappa shape index (κ1) is 15.8. The predicted molar refractivity (Wildman–Crippen MR) is 95.0 cm³/mol. The van der Waals surface area contributed by atoms with E-state index in [1.807, 2.05) is 30.3 Å². The van der Waals surface area contributed by atoms with Crippen LogP contribution in [0.15, 0.2) is 66.7 Å². The molecule has 0 spiro atoms. The van der Waals surface area contributed by atoms with Crippen LogP contribution in [0.25, 0.3) is 10.8 Å². The fourth-order valence-electron chi connectivity index (χ4n) is 2.33. The molecule has 3 amide bonds. The predicted octanol–water partition coefficient (Wildman–Crippen LogP) is 3.96. The largest absolute Gasteiger partial charge is 0.337 e. The van der Waals surface area contributed by atoms with Crippen LogP contribution in [0, 0.1) is 0 Å². The molecule has 0 saturated carbocycles. The molecule has 0 aliphatic rings. The first-order valence-corrected chi connectivity index (χ1v) is 7.62. The molecule has 0 aliphatic heterocycles. The van der Waals surface area contributed by atoms with E-state index >= 15 is 0 Å². The number of hydrazine groups is 1. The standard InChI is InChI=1S/C18H14ClN3O2/c19-13-7-4-8-14(11-13)20-18(24)22-21-17(23)16-10-3-6-12-5-1-2-9-15(12)16/h1-11H,(H,21,23)(H2,20,22,24). The molecule has 6 heteroatoms. The van der Waals surface area contributed by atoms with Crippen molar-refractivity contribution >= 4 is 40.0 Å². The van der Waals surface area contributed by atoms with Crippen LogP contribution in [-0.2, 0) is 0 Å². The number of hydrogen-bond acceptors (Lipinski definition) is 2. The van der Waals surface area contributed by atoms with Gasteiger partial charge in [-0.1, -0.05) is 54.1 Å². The van der Waals surface area contributed by atoms with Gasteiger partial charge in [-0.15, -0.1) is 0 Å². The third-order valence-electron chi connectivity index (χ3n) is 3.41. The molecule has 0 aromatic heterocycles. The molecular weight excluding hydrogens is 326 g/mol. The summed E-state index contributed by atoms with van der Waals surface area (Å²) in [5, 5.41) is 4.85. The van der Waals surface area contributed by atoms with Gasteiger partial charge in [0.2, 0.25) is 0 Å². The van der Waals surface area contributed by atoms with Crippen LogP contribution in [0.3, 0.4) is 0 Å². The molecule has 0 atom stereocenters. The minimum atomic E-state index is -0.564. The number of rotatable bonds is 2. The molecule has 0 heterocycles. The third-order valence-corrected chi connectivity index (χ3v) is 3.64. The Morgan fingerprint density at radius 3 is 2.42 bits per heavy atom. The van der Waals surface area contributed by atoms with Crippen molar-refractivity contribution in [1.82, 2.24) is 10.9 Å². The van der Waals surface area contributed by atoms with Gasteiger partial charge in [0.05, 0.1) is 0 Å². The Morgan fingerprint density at radius 2 is 1.58 bits per heavy atom. The average Bonchev–Trinajstić information content (AvgIpc) is 2.59. The van der Waals surface area contributed by atoms with Gasteiger partial charge in [0.25, 0.3) is 5.91 Å². The SMILES string of the molecule is O=C(NNC(=O)c1cccc2ccccc12)Nc1cccc(Cl)c1. The highest BCUT2D eigenvalue weighted by Gasteiger charge is 2.10. The van der Waals surface area contributed by atoms with E-state index in [1.54, 1.807) is 36.4 Å². The summed E-state index contributed by atoms with van der Waals surface area (Å²) in [6, 6.07) is 19.1. The number of carbonyl (C=O) groups is 2. The molecule has 0 saturated heterocycles. The summed E-state index contributed by atoms with van der Waals surface area (Å²) in [5.41, 5.74) is 5.72. The third kappa shape index (κ3) is 3.64. The van der Waals surface area contributed by atoms with Crippen LogP contribution in [0.2, 0.25) is 5.02 Å². The van der Waals surface area contributed by atoms with Crippen molar-refractivity contribution in [2.75, 3.05) is 5.32 Å². The van der Waals surface area contributed by atoms with Gasteiger partial charge >= 0.3 is 6.03 Å². The van der Waals surface area contributed by atoms with Gasteiger partial charge in [-0.05, 0) is 35.0 Å². The maximum absolute atomic E-state index is 12.3. The zero-order valence-corrected chi connectivity index (χ0v) is 13.3. The second-order valence-electron chi connectivity index (χ2n) is 5.07. The summed E-state index contributed by atoms with van der Waals surface area (Å²) in [6.07, 6.45) is 0. The lowest BCUT2D eigenvalue weighted by molar-refractivity contribution is 0.0939. The molecule has 0 aliphatic carbocycles. The molecule has 0 bridgehead atoms. The Hall–Kier alpha value is -3.05. The second-order valence-corrected chi connectivity index (χ2v) is 5.51. The Morgan fingerprint density at radius 1 is 0.833 bits per heavy atom. The van der Waals surface area contributed by atoms with E-state index in [4.69, 9.17) is 11.6 Å². The molecule has 0 radical (unpaired) electrons. The Kier molecular flexibility index (Phi) is 4.63. The maximum Gasteiger partial charge on any atom is 0.337 e. The van der Waals surface area contributed by atoms with Crippen molar-refractivity contribution < 1.29 is 9.59 Å². The quantitative estimate of drug-likeness (QED) is 0.618. The Labute approximate surface area is 143 Å². The summed E-state index contributed by atoms with van der Waals surface area (Å²) in [5.74, 6) is -0.395. The number of halogens is 1. The fraction of sp³-hybridized carbons (Fsp3) is 0. The molecular formula is C18H14ClN3O2. The molecule has 24 heavy (non-hydrogen) atoms. The van der Waals surface area contributed by atoms with E-state index in [1.165, 1.54) is 0 Å². The number of nitrogens with one attached hydrogen (secondary N) is 3. The highest BCUT2D eigenvalue weighted by Crippen LogP contribution is 2.18. The van der Waals surface area contributed by atoms with Gasteiger partial charge in [0.15, 0.2) is 0 Å². The minimum Gasteiger partial charge on any atom is -0.307 e. The lowest BCUT2D eigenvalue weighted by Crippen LogP contribution is -2.43. The van der Waals surface area contributed by atoms with Crippen molar-refractivity contribution in [3.8, 4) is 0 Å². The normalized spacial score (nSPS) is 10.2. The van der Waals surface area contributed by atoms with Gasteiger partial charge in [-0.25, -0.2) is 10.2 Å². The van der Waals surface area contributed by atoms with Crippen molar-refractivity contribution in [1.29, 1.82) is 0 Å². The topological polar surface area (TPSA) is 70.2 Å². The van der Waals surface area contributed by atoms with Crippen molar-refractivity contribution in [3.63, 3.8) is 0 Å². The highest BCUT2D eigenvalue weighted by atomic mass is 35.5. The molecule has 120 valence electrons. The number of carbonyl (C=O) groups excluding carboxylic acids is 2. The van der Waals surface area contributed by atoms with E-state index < -0.39 is 11.9 Å². The lowest BCUT2D eigenvalue weighted by atomic mass is 10.0. The van der Waals surface area contributed by atoms with Gasteiger partial charge in [0.1, 0.15) is 0 Å². The minimum absolute atomic E-state index is 0.395. The summed E-state index contributed by atoms with van der Waals surface area (Å²) < 4.78 is 0. The number of anilines is 1. The van der Waals surface area contributed by atoms with E-state index in [0.717, 1.165) is 10.8 Å². The Bertz CT molecular complexity index is 906. The molecule has 3 aromatic carbocycles. The van der Waals surface area contributed by atoms with E-state index in [9.17, 15) is 9.59 Å². The molecule has 0 unspecified atom stereocenters. The van der Waals surface area contributed by atoms with Crippen molar-refractivity contribution in [3.05, 3.63) is 77.3 Å². The van der Waals surface area contributed by atoms with Crippen molar-refractivity contribution in [2.24, 2.45) is 0 Å². The lowest BCUT2D eigenvalue weighted by Gasteiger charge is -2.10. The molecule has 5 nitrogen and oxygen atoms in total. The van der Waals surface area contributed by atoms with Crippen LogP contribution in [0.1, 0.15) is 10.4 Å². The monoisotopic (exact) mass is 339 g/mol. The van der Waals surface area contributed by atoms with E-state index in [2.05, 4.69) is 16.2 Å². The van der Waals surface area contributed by atoms with E-state index in [-0.39, 0.29) is 0 Å². The summed E-state index contributed by atoms with van der Waals surface area (Å²) >= 11 is 5.85. The van der Waals surface area contributed by atoms with Gasteiger partial charge in [-0.2, -0.15) is 0 Å². The van der Waals surface area contributed by atoms with Crippen molar-refractivity contribution in [2.45, 2.75) is 0 Å². The molecule has 3 aromatic rings. The average molecular weight is 340 g/mol. The first-order valence-electron chi connectivity index (χ1n) is 7.24.